The highest BCUT2D eigenvalue weighted by molar-refractivity contribution is 5.99. The van der Waals surface area contributed by atoms with Gasteiger partial charge in [0.2, 0.25) is 5.91 Å². The number of nitrogens with zero attached hydrogens (tertiary/aromatic N) is 1. The molecule has 0 aromatic heterocycles. The summed E-state index contributed by atoms with van der Waals surface area (Å²) in [6, 6.07) is 5.61. The highest BCUT2D eigenvalue weighted by Gasteiger charge is 2.16. The topological polar surface area (TPSA) is 172 Å². The van der Waals surface area contributed by atoms with Gasteiger partial charge in [0, 0.05) is 17.8 Å². The normalized spacial score (nSPS) is 16.9. The molecule has 2 atom stereocenters. The van der Waals surface area contributed by atoms with Crippen LogP contribution in [0.1, 0.15) is 16.8 Å². The Morgan fingerprint density at radius 3 is 2.75 bits per heavy atom. The number of rotatable bonds is 8. The van der Waals surface area contributed by atoms with Crippen LogP contribution < -0.4 is 21.3 Å². The average Bonchev–Trinajstić information content (AvgIpc) is 2.67. The van der Waals surface area contributed by atoms with Crippen molar-refractivity contribution in [1.82, 2.24) is 16.0 Å². The molecule has 0 saturated carbocycles. The number of aliphatic carboxylic acids is 1. The minimum atomic E-state index is -1.15. The smallest absolute Gasteiger partial charge is 0.305 e. The van der Waals surface area contributed by atoms with Crippen molar-refractivity contribution in [3.63, 3.8) is 0 Å². The lowest BCUT2D eigenvalue weighted by molar-refractivity contribution is -0.138. The molecule has 2 rings (SSSR count). The molecule has 0 spiro atoms. The summed E-state index contributed by atoms with van der Waals surface area (Å²) in [5.74, 6) is -1.77. The summed E-state index contributed by atoms with van der Waals surface area (Å²) in [5.41, 5.74) is 0.903. The summed E-state index contributed by atoms with van der Waals surface area (Å²) >= 11 is 0. The average molecular weight is 393 g/mol. The van der Waals surface area contributed by atoms with Crippen LogP contribution in [0.15, 0.2) is 29.3 Å². The Labute approximate surface area is 160 Å². The Hall–Kier alpha value is -3.18. The second-order valence-electron chi connectivity index (χ2n) is 6.16. The van der Waals surface area contributed by atoms with E-state index in [0.29, 0.717) is 23.8 Å². The molecule has 2 amide bonds. The summed E-state index contributed by atoms with van der Waals surface area (Å²) in [6.07, 6.45) is -0.950. The Morgan fingerprint density at radius 1 is 1.32 bits per heavy atom. The van der Waals surface area contributed by atoms with Gasteiger partial charge in [-0.25, -0.2) is 0 Å². The summed E-state index contributed by atoms with van der Waals surface area (Å²) < 4.78 is 0. The first-order chi connectivity index (χ1) is 13.4. The highest BCUT2D eigenvalue weighted by atomic mass is 16.4. The fourth-order valence-corrected chi connectivity index (χ4v) is 2.40. The van der Waals surface area contributed by atoms with Crippen LogP contribution in [0.4, 0.5) is 5.69 Å². The molecule has 1 heterocycles. The molecule has 0 aliphatic carbocycles. The predicted octanol–water partition coefficient (Wildman–Crippen LogP) is -1.90. The van der Waals surface area contributed by atoms with Crippen molar-refractivity contribution < 1.29 is 29.7 Å². The zero-order chi connectivity index (χ0) is 20.5. The number of anilines is 1. The van der Waals surface area contributed by atoms with Crippen molar-refractivity contribution >= 4 is 29.4 Å². The number of carboxylic acids is 1. The molecular formula is C17H23N5O6. The monoisotopic (exact) mass is 393 g/mol. The number of β-amino-alcohol motifs (C(OH)–C–C–N with tert-alkyl or cyclic N) is 1. The molecule has 0 fully saturated rings. The van der Waals surface area contributed by atoms with Crippen LogP contribution in [0, 0.1) is 0 Å². The summed E-state index contributed by atoms with van der Waals surface area (Å²) in [6.45, 7) is -0.230. The highest BCUT2D eigenvalue weighted by Crippen LogP contribution is 2.11. The second kappa shape index (κ2) is 10.2. The number of carbonyl (C=O) groups is 3. The van der Waals surface area contributed by atoms with Crippen molar-refractivity contribution in [3.05, 3.63) is 29.8 Å². The Balaban J connectivity index is 1.87. The van der Waals surface area contributed by atoms with Crippen LogP contribution in [0.5, 0.6) is 0 Å². The van der Waals surface area contributed by atoms with E-state index in [1.165, 1.54) is 0 Å². The lowest BCUT2D eigenvalue weighted by Gasteiger charge is -2.20. The van der Waals surface area contributed by atoms with Crippen molar-refractivity contribution in [2.24, 2.45) is 4.99 Å². The van der Waals surface area contributed by atoms with Crippen LogP contribution in [0.25, 0.3) is 0 Å². The van der Waals surface area contributed by atoms with Crippen molar-refractivity contribution in [2.75, 3.05) is 31.6 Å². The third-order valence-electron chi connectivity index (χ3n) is 3.77. The fraction of sp³-hybridized carbons (Fsp3) is 0.412. The zero-order valence-corrected chi connectivity index (χ0v) is 15.0. The largest absolute Gasteiger partial charge is 0.481 e. The SMILES string of the molecule is O=C(O)CC(CO)NC(=O)CNC(=O)c1cccc(NC2=NCC(O)CN2)c1. The Morgan fingerprint density at radius 2 is 2.11 bits per heavy atom. The molecule has 1 aromatic rings. The minimum absolute atomic E-state index is 0.279. The van der Waals surface area contributed by atoms with Gasteiger partial charge in [-0.2, -0.15) is 0 Å². The lowest BCUT2D eigenvalue weighted by atomic mass is 10.2. The van der Waals surface area contributed by atoms with Gasteiger partial charge in [-0.3, -0.25) is 19.4 Å². The van der Waals surface area contributed by atoms with Gasteiger partial charge in [0.05, 0.1) is 38.3 Å². The van der Waals surface area contributed by atoms with Gasteiger partial charge in [-0.1, -0.05) is 6.07 Å². The van der Waals surface area contributed by atoms with Crippen molar-refractivity contribution in [2.45, 2.75) is 18.6 Å². The number of aliphatic hydroxyl groups is 2. The third-order valence-corrected chi connectivity index (χ3v) is 3.77. The van der Waals surface area contributed by atoms with E-state index < -0.39 is 43.0 Å². The number of carbonyl (C=O) groups excluding carboxylic acids is 2. The van der Waals surface area contributed by atoms with Gasteiger partial charge in [-0.05, 0) is 18.2 Å². The lowest BCUT2D eigenvalue weighted by Crippen LogP contribution is -2.44. The second-order valence-corrected chi connectivity index (χ2v) is 6.16. The van der Waals surface area contributed by atoms with Gasteiger partial charge < -0.3 is 36.6 Å². The molecule has 0 saturated heterocycles. The van der Waals surface area contributed by atoms with Crippen LogP contribution in [-0.2, 0) is 9.59 Å². The van der Waals surface area contributed by atoms with Crippen molar-refractivity contribution in [3.8, 4) is 0 Å². The number of amides is 2. The molecule has 152 valence electrons. The maximum absolute atomic E-state index is 12.2. The number of nitrogens with one attached hydrogen (secondary N) is 4. The van der Waals surface area contributed by atoms with E-state index in [1.54, 1.807) is 24.3 Å². The Kier molecular flexibility index (Phi) is 7.72. The van der Waals surface area contributed by atoms with Gasteiger partial charge >= 0.3 is 5.97 Å². The van der Waals surface area contributed by atoms with Crippen molar-refractivity contribution in [1.29, 1.82) is 0 Å². The fourth-order valence-electron chi connectivity index (χ4n) is 2.40. The maximum atomic E-state index is 12.2. The molecule has 1 aliphatic heterocycles. The number of hydrogen-bond acceptors (Lipinski definition) is 8. The molecule has 11 heteroatoms. The first-order valence-electron chi connectivity index (χ1n) is 8.61. The van der Waals surface area contributed by atoms with Crippen LogP contribution in [0.2, 0.25) is 0 Å². The maximum Gasteiger partial charge on any atom is 0.305 e. The van der Waals surface area contributed by atoms with Gasteiger partial charge in [0.15, 0.2) is 5.96 Å². The van der Waals surface area contributed by atoms with Gasteiger partial charge in [0.1, 0.15) is 0 Å². The van der Waals surface area contributed by atoms with E-state index in [1.807, 2.05) is 0 Å². The molecule has 1 aliphatic rings. The number of aliphatic hydroxyl groups excluding tert-OH is 2. The summed E-state index contributed by atoms with van der Waals surface area (Å²) in [5, 5.41) is 37.8. The molecule has 7 N–H and O–H groups in total. The van der Waals surface area contributed by atoms with Crippen LogP contribution >= 0.6 is 0 Å². The number of aliphatic imine (C=N–C) groups is 1. The molecule has 11 nitrogen and oxygen atoms in total. The first-order valence-corrected chi connectivity index (χ1v) is 8.61. The molecular weight excluding hydrogens is 370 g/mol. The number of guanidine groups is 1. The van der Waals surface area contributed by atoms with E-state index in [0.717, 1.165) is 0 Å². The quantitative estimate of drug-likeness (QED) is 0.268. The Bertz CT molecular complexity index is 753. The van der Waals surface area contributed by atoms with E-state index in [4.69, 9.17) is 10.2 Å². The number of benzene rings is 1. The van der Waals surface area contributed by atoms with Gasteiger partial charge in [0.25, 0.3) is 5.91 Å². The standard InChI is InChI=1S/C17H23N5O6/c23-9-12(5-15(26)27)21-14(25)8-18-16(28)10-2-1-3-11(4-10)22-17-19-6-13(24)7-20-17/h1-4,12-13,23-24H,5-9H2,(H,18,28)(H,21,25)(H,26,27)(H2,19,20,22). The van der Waals surface area contributed by atoms with E-state index >= 15 is 0 Å². The first kappa shape index (κ1) is 21.1. The molecule has 0 bridgehead atoms. The zero-order valence-electron chi connectivity index (χ0n) is 15.0. The van der Waals surface area contributed by atoms with Gasteiger partial charge in [-0.15, -0.1) is 0 Å². The third kappa shape index (κ3) is 6.85. The van der Waals surface area contributed by atoms with Crippen LogP contribution in [-0.4, -0.2) is 77.4 Å². The van der Waals surface area contributed by atoms with E-state index in [2.05, 4.69) is 26.3 Å². The molecule has 0 radical (unpaired) electrons. The molecule has 2 unspecified atom stereocenters. The summed E-state index contributed by atoms with van der Waals surface area (Å²) in [4.78, 5) is 38.8. The number of hydrogen-bond donors (Lipinski definition) is 7. The molecule has 1 aromatic carbocycles. The van der Waals surface area contributed by atoms with Crippen LogP contribution in [0.3, 0.4) is 0 Å². The van der Waals surface area contributed by atoms with E-state index in [9.17, 15) is 19.5 Å². The number of carboxylic acid groups (broad SMARTS) is 1. The predicted molar refractivity (Wildman–Crippen MR) is 100.0 cm³/mol. The molecule has 28 heavy (non-hydrogen) atoms. The van der Waals surface area contributed by atoms with E-state index in [-0.39, 0.29) is 13.1 Å². The summed E-state index contributed by atoms with van der Waals surface area (Å²) in [7, 11) is 0. The minimum Gasteiger partial charge on any atom is -0.481 e.